The fourth-order valence-electron chi connectivity index (χ4n) is 4.05. The molecule has 1 saturated heterocycles. The summed E-state index contributed by atoms with van der Waals surface area (Å²) in [7, 11) is -3.94. The lowest BCUT2D eigenvalue weighted by molar-refractivity contribution is -0.139. The molecule has 10 heteroatoms. The van der Waals surface area contributed by atoms with Gasteiger partial charge in [-0.2, -0.15) is 4.72 Å². The molecule has 0 aromatic heterocycles. The third kappa shape index (κ3) is 6.67. The Morgan fingerprint density at radius 1 is 1.14 bits per heavy atom. The third-order valence-corrected chi connectivity index (χ3v) is 7.25. The normalized spacial score (nSPS) is 17.4. The summed E-state index contributed by atoms with van der Waals surface area (Å²) in [6.45, 7) is 7.91. The molecule has 0 saturated carbocycles. The second kappa shape index (κ2) is 11.5. The maximum atomic E-state index is 13.5. The largest absolute Gasteiger partial charge is 0.409 e. The Balaban J connectivity index is 1.78. The minimum Gasteiger partial charge on any atom is -0.409 e. The van der Waals surface area contributed by atoms with Crippen molar-refractivity contribution in [3.8, 4) is 0 Å². The van der Waals surface area contributed by atoms with Crippen molar-refractivity contribution in [2.45, 2.75) is 50.1 Å². The number of hydrogen-bond acceptors (Lipinski definition) is 6. The number of carbonyl (C=O) groups excluding carboxylic acids is 2. The molecule has 187 valence electrons. The van der Waals surface area contributed by atoms with E-state index in [1.165, 1.54) is 17.0 Å². The van der Waals surface area contributed by atoms with E-state index in [1.54, 1.807) is 42.5 Å². The lowest BCUT2D eigenvalue weighted by Gasteiger charge is -2.29. The minimum absolute atomic E-state index is 0.0291. The Bertz CT molecular complexity index is 1160. The third-order valence-electron chi connectivity index (χ3n) is 5.76. The summed E-state index contributed by atoms with van der Waals surface area (Å²) in [5, 5.41) is 15.2. The molecule has 3 N–H and O–H groups in total. The number of hydrogen-bond donors (Lipinski definition) is 3. The summed E-state index contributed by atoms with van der Waals surface area (Å²) in [6.07, 6.45) is 1.27. The Morgan fingerprint density at radius 3 is 2.40 bits per heavy atom. The number of nitrogens with one attached hydrogen (secondary N) is 2. The zero-order chi connectivity index (χ0) is 25.6. The van der Waals surface area contributed by atoms with Crippen molar-refractivity contribution in [3.63, 3.8) is 0 Å². The van der Waals surface area contributed by atoms with Gasteiger partial charge in [0.05, 0.1) is 4.90 Å². The van der Waals surface area contributed by atoms with E-state index in [9.17, 15) is 23.2 Å². The van der Waals surface area contributed by atoms with E-state index in [0.29, 0.717) is 24.9 Å². The van der Waals surface area contributed by atoms with E-state index < -0.39 is 33.9 Å². The zero-order valence-corrected chi connectivity index (χ0v) is 20.7. The average Bonchev–Trinajstić information content (AvgIpc) is 3.32. The van der Waals surface area contributed by atoms with Crippen molar-refractivity contribution in [3.05, 3.63) is 72.6 Å². The van der Waals surface area contributed by atoms with Crippen molar-refractivity contribution in [1.82, 2.24) is 14.9 Å². The highest BCUT2D eigenvalue weighted by atomic mass is 32.2. The van der Waals surface area contributed by atoms with Gasteiger partial charge in [-0.05, 0) is 49.8 Å². The molecule has 9 nitrogen and oxygen atoms in total. The van der Waals surface area contributed by atoms with Gasteiger partial charge in [-0.1, -0.05) is 61.5 Å². The molecule has 0 bridgehead atoms. The highest BCUT2D eigenvalue weighted by Crippen LogP contribution is 2.22. The number of benzene rings is 2. The van der Waals surface area contributed by atoms with Gasteiger partial charge in [-0.25, -0.2) is 8.42 Å². The molecule has 1 heterocycles. The van der Waals surface area contributed by atoms with Crippen LogP contribution in [0.4, 0.5) is 0 Å². The number of nitrogens with zero attached hydrogens (tertiary/aromatic N) is 2. The van der Waals surface area contributed by atoms with Crippen molar-refractivity contribution in [1.29, 1.82) is 0 Å². The first-order chi connectivity index (χ1) is 16.6. The van der Waals surface area contributed by atoms with Gasteiger partial charge in [0.25, 0.3) is 0 Å². The SMILES string of the molecule is [CH2]c1ccc(C(=NO)NC(=O)[C@@H]2CCCN2C(=O)C(CC(C)C)NS(=O)(=O)c2ccccc2)cc1. The molecule has 1 unspecified atom stereocenters. The van der Waals surface area contributed by atoms with Crippen LogP contribution in [0.5, 0.6) is 0 Å². The van der Waals surface area contributed by atoms with Crippen LogP contribution in [0.2, 0.25) is 0 Å². The fourth-order valence-corrected chi connectivity index (χ4v) is 5.27. The smallest absolute Gasteiger partial charge is 0.248 e. The Kier molecular flexibility index (Phi) is 8.63. The van der Waals surface area contributed by atoms with Gasteiger partial charge in [-0.15, -0.1) is 0 Å². The van der Waals surface area contributed by atoms with Crippen LogP contribution in [-0.2, 0) is 19.6 Å². The van der Waals surface area contributed by atoms with E-state index >= 15 is 0 Å². The van der Waals surface area contributed by atoms with Crippen LogP contribution in [-0.4, -0.2) is 54.8 Å². The van der Waals surface area contributed by atoms with E-state index in [1.807, 2.05) is 13.8 Å². The second-order valence-electron chi connectivity index (χ2n) is 8.94. The predicted octanol–water partition coefficient (Wildman–Crippen LogP) is 2.50. The van der Waals surface area contributed by atoms with E-state index in [2.05, 4.69) is 22.1 Å². The van der Waals surface area contributed by atoms with Crippen LogP contribution in [0.1, 0.15) is 44.2 Å². The number of oxime groups is 1. The molecule has 1 fully saturated rings. The number of likely N-dealkylation sites (tertiary alicyclic amines) is 1. The Morgan fingerprint density at radius 2 is 1.80 bits per heavy atom. The molecule has 1 aliphatic heterocycles. The first-order valence-electron chi connectivity index (χ1n) is 11.5. The van der Waals surface area contributed by atoms with Crippen molar-refractivity contribution in [2.75, 3.05) is 6.54 Å². The lowest BCUT2D eigenvalue weighted by Crippen LogP contribution is -2.54. The highest BCUT2D eigenvalue weighted by molar-refractivity contribution is 7.89. The van der Waals surface area contributed by atoms with Gasteiger partial charge in [0, 0.05) is 12.1 Å². The van der Waals surface area contributed by atoms with Gasteiger partial charge in [0.15, 0.2) is 5.84 Å². The van der Waals surface area contributed by atoms with Crippen LogP contribution < -0.4 is 10.0 Å². The molecule has 0 aliphatic carbocycles. The molecular weight excluding hydrogens is 468 g/mol. The maximum absolute atomic E-state index is 13.5. The van der Waals surface area contributed by atoms with Crippen LogP contribution in [0, 0.1) is 12.8 Å². The predicted molar refractivity (Wildman–Crippen MR) is 132 cm³/mol. The molecule has 35 heavy (non-hydrogen) atoms. The van der Waals surface area contributed by atoms with Crippen LogP contribution in [0.25, 0.3) is 0 Å². The summed E-state index contributed by atoms with van der Waals surface area (Å²) in [4.78, 5) is 28.0. The van der Waals surface area contributed by atoms with Gasteiger partial charge in [0.1, 0.15) is 12.1 Å². The van der Waals surface area contributed by atoms with Crippen LogP contribution >= 0.6 is 0 Å². The second-order valence-corrected chi connectivity index (χ2v) is 10.7. The molecule has 2 atom stereocenters. The molecule has 1 aliphatic rings. The summed E-state index contributed by atoms with van der Waals surface area (Å²) in [6, 6.07) is 12.8. The fraction of sp³-hybridized carbons (Fsp3) is 0.360. The molecule has 2 amide bonds. The maximum Gasteiger partial charge on any atom is 0.248 e. The minimum atomic E-state index is -3.94. The molecule has 2 aromatic carbocycles. The summed E-state index contributed by atoms with van der Waals surface area (Å²) < 4.78 is 28.4. The summed E-state index contributed by atoms with van der Waals surface area (Å²) >= 11 is 0. The molecule has 2 aromatic rings. The molecule has 0 spiro atoms. The quantitative estimate of drug-likeness (QED) is 0.223. The first-order valence-corrected chi connectivity index (χ1v) is 12.9. The molecular formula is C25H31N4O5S. The van der Waals surface area contributed by atoms with Gasteiger partial charge < -0.3 is 15.4 Å². The number of carbonyl (C=O) groups is 2. The standard InChI is InChI=1S/C25H31N4O5S/c1-17(2)16-21(28-35(33,34)20-8-5-4-6-9-20)25(31)29-15-7-10-22(29)24(30)26-23(27-32)19-13-11-18(3)12-14-19/h4-6,8-9,11-14,17,21-22,28,32H,3,7,10,15-16H2,1-2H3,(H,26,27,30)/t21?,22-/m0/s1. The number of rotatable bonds is 8. The Hall–Kier alpha value is -3.24. The lowest BCUT2D eigenvalue weighted by atomic mass is 10.0. The van der Waals surface area contributed by atoms with Crippen LogP contribution in [0.15, 0.2) is 64.6 Å². The van der Waals surface area contributed by atoms with Gasteiger partial charge in [0.2, 0.25) is 21.8 Å². The van der Waals surface area contributed by atoms with E-state index in [-0.39, 0.29) is 23.1 Å². The van der Waals surface area contributed by atoms with Gasteiger partial charge in [-0.3, -0.25) is 9.59 Å². The number of amidine groups is 1. The van der Waals surface area contributed by atoms with Crippen molar-refractivity contribution < 1.29 is 23.2 Å². The number of sulfonamides is 1. The topological polar surface area (TPSA) is 128 Å². The molecule has 3 rings (SSSR count). The summed E-state index contributed by atoms with van der Waals surface area (Å²) in [5.41, 5.74) is 1.25. The monoisotopic (exact) mass is 499 g/mol. The van der Waals surface area contributed by atoms with Crippen molar-refractivity contribution in [2.24, 2.45) is 11.1 Å². The summed E-state index contributed by atoms with van der Waals surface area (Å²) in [5.74, 6) is -0.976. The first kappa shape index (κ1) is 26.4. The van der Waals surface area contributed by atoms with Crippen molar-refractivity contribution >= 4 is 27.7 Å². The van der Waals surface area contributed by atoms with Gasteiger partial charge >= 0.3 is 0 Å². The van der Waals surface area contributed by atoms with Crippen LogP contribution in [0.3, 0.4) is 0 Å². The Labute approximate surface area is 206 Å². The van der Waals surface area contributed by atoms with E-state index in [0.717, 1.165) is 5.56 Å². The zero-order valence-electron chi connectivity index (χ0n) is 19.8. The number of amides is 2. The highest BCUT2D eigenvalue weighted by Gasteiger charge is 2.39. The average molecular weight is 500 g/mol. The molecule has 1 radical (unpaired) electrons. The van der Waals surface area contributed by atoms with E-state index in [4.69, 9.17) is 0 Å².